The molecule has 0 unspecified atom stereocenters. The van der Waals surface area contributed by atoms with Gasteiger partial charge in [-0.1, -0.05) is 19.3 Å². The number of carbonyl (C=O) groups excluding carboxylic acids is 2. The molecule has 2 atom stereocenters. The molecule has 0 aromatic rings. The van der Waals surface area contributed by atoms with Gasteiger partial charge in [-0.05, 0) is 19.3 Å². The standard InChI is InChI=1S/C14H23NO4/c1-19-14(18)12-9-11(16)7-8-15(12)13(17)10-5-3-2-4-6-10/h10-12,16H,2-9H2,1H3/t11-,12+/m0/s1. The van der Waals surface area contributed by atoms with E-state index in [-0.39, 0.29) is 11.8 Å². The minimum absolute atomic E-state index is 0.0520. The number of ether oxygens (including phenoxy) is 1. The van der Waals surface area contributed by atoms with Gasteiger partial charge < -0.3 is 14.7 Å². The fourth-order valence-electron chi connectivity index (χ4n) is 3.15. The SMILES string of the molecule is COC(=O)[C@H]1C[C@@H](O)CCN1C(=O)C1CCCCC1. The van der Waals surface area contributed by atoms with Gasteiger partial charge >= 0.3 is 5.97 Å². The van der Waals surface area contributed by atoms with Gasteiger partial charge in [0.15, 0.2) is 0 Å². The van der Waals surface area contributed by atoms with Crippen LogP contribution in [0.25, 0.3) is 0 Å². The van der Waals surface area contributed by atoms with E-state index in [1.165, 1.54) is 13.5 Å². The number of methoxy groups -OCH3 is 1. The fourth-order valence-corrected chi connectivity index (χ4v) is 3.15. The second kappa shape index (κ2) is 6.37. The summed E-state index contributed by atoms with van der Waals surface area (Å²) in [4.78, 5) is 25.9. The van der Waals surface area contributed by atoms with E-state index >= 15 is 0 Å². The van der Waals surface area contributed by atoms with Crippen LogP contribution in [0.2, 0.25) is 0 Å². The number of likely N-dealkylation sites (tertiary alicyclic amines) is 1. The molecule has 1 saturated heterocycles. The lowest BCUT2D eigenvalue weighted by Crippen LogP contribution is -2.53. The van der Waals surface area contributed by atoms with Crippen LogP contribution in [0.4, 0.5) is 0 Å². The molecule has 0 radical (unpaired) electrons. The van der Waals surface area contributed by atoms with Crippen molar-refractivity contribution in [3.05, 3.63) is 0 Å². The van der Waals surface area contributed by atoms with Gasteiger partial charge in [0.1, 0.15) is 6.04 Å². The Labute approximate surface area is 113 Å². The highest BCUT2D eigenvalue weighted by Crippen LogP contribution is 2.28. The third-order valence-electron chi connectivity index (χ3n) is 4.29. The lowest BCUT2D eigenvalue weighted by molar-refractivity contribution is -0.159. The van der Waals surface area contributed by atoms with E-state index in [0.717, 1.165) is 25.7 Å². The summed E-state index contributed by atoms with van der Waals surface area (Å²) in [6.45, 7) is 0.455. The van der Waals surface area contributed by atoms with Crippen LogP contribution in [-0.4, -0.2) is 47.7 Å². The number of aliphatic hydroxyl groups excluding tert-OH is 1. The average Bonchev–Trinajstić information content (AvgIpc) is 2.46. The molecule has 5 nitrogen and oxygen atoms in total. The van der Waals surface area contributed by atoms with Crippen molar-refractivity contribution >= 4 is 11.9 Å². The average molecular weight is 269 g/mol. The van der Waals surface area contributed by atoms with Crippen LogP contribution in [0.15, 0.2) is 0 Å². The number of piperidine rings is 1. The Kier molecular flexibility index (Phi) is 4.80. The van der Waals surface area contributed by atoms with Crippen molar-refractivity contribution in [3.63, 3.8) is 0 Å². The molecule has 1 aliphatic heterocycles. The van der Waals surface area contributed by atoms with Crippen molar-refractivity contribution in [1.29, 1.82) is 0 Å². The van der Waals surface area contributed by atoms with Crippen LogP contribution in [0.1, 0.15) is 44.9 Å². The van der Waals surface area contributed by atoms with E-state index in [2.05, 4.69) is 0 Å². The van der Waals surface area contributed by atoms with Gasteiger partial charge in [0.05, 0.1) is 13.2 Å². The summed E-state index contributed by atoms with van der Waals surface area (Å²) < 4.78 is 4.76. The van der Waals surface area contributed by atoms with Crippen molar-refractivity contribution in [2.24, 2.45) is 5.92 Å². The lowest BCUT2D eigenvalue weighted by Gasteiger charge is -2.38. The highest BCUT2D eigenvalue weighted by molar-refractivity contribution is 5.86. The maximum Gasteiger partial charge on any atom is 0.328 e. The molecule has 0 bridgehead atoms. The van der Waals surface area contributed by atoms with E-state index < -0.39 is 18.1 Å². The highest BCUT2D eigenvalue weighted by atomic mass is 16.5. The van der Waals surface area contributed by atoms with Crippen molar-refractivity contribution in [2.45, 2.75) is 57.1 Å². The minimum Gasteiger partial charge on any atom is -0.467 e. The number of rotatable bonds is 2. The van der Waals surface area contributed by atoms with Crippen molar-refractivity contribution < 1.29 is 19.4 Å². The number of hydrogen-bond acceptors (Lipinski definition) is 4. The molecule has 5 heteroatoms. The molecule has 1 saturated carbocycles. The first-order valence-electron chi connectivity index (χ1n) is 7.20. The van der Waals surface area contributed by atoms with Gasteiger partial charge in [0, 0.05) is 18.9 Å². The van der Waals surface area contributed by atoms with Crippen LogP contribution in [0.3, 0.4) is 0 Å². The quantitative estimate of drug-likeness (QED) is 0.762. The van der Waals surface area contributed by atoms with Gasteiger partial charge in [-0.3, -0.25) is 4.79 Å². The summed E-state index contributed by atoms with van der Waals surface area (Å²) in [5.41, 5.74) is 0. The van der Waals surface area contributed by atoms with Crippen LogP contribution in [0.5, 0.6) is 0 Å². The molecule has 1 N–H and O–H groups in total. The largest absolute Gasteiger partial charge is 0.467 e. The summed E-state index contributed by atoms with van der Waals surface area (Å²) >= 11 is 0. The van der Waals surface area contributed by atoms with Gasteiger partial charge in [0.2, 0.25) is 5.91 Å². The molecular weight excluding hydrogens is 246 g/mol. The Morgan fingerprint density at radius 2 is 1.84 bits per heavy atom. The van der Waals surface area contributed by atoms with Gasteiger partial charge in [0.25, 0.3) is 0 Å². The zero-order valence-corrected chi connectivity index (χ0v) is 11.5. The second-order valence-corrected chi connectivity index (χ2v) is 5.58. The summed E-state index contributed by atoms with van der Waals surface area (Å²) in [5, 5.41) is 9.69. The number of amides is 1. The van der Waals surface area contributed by atoms with Crippen molar-refractivity contribution in [2.75, 3.05) is 13.7 Å². The highest BCUT2D eigenvalue weighted by Gasteiger charge is 2.38. The minimum atomic E-state index is -0.608. The van der Waals surface area contributed by atoms with E-state index in [4.69, 9.17) is 4.74 Å². The molecule has 1 aliphatic carbocycles. The van der Waals surface area contributed by atoms with Crippen LogP contribution in [-0.2, 0) is 14.3 Å². The maximum atomic E-state index is 12.5. The summed E-state index contributed by atoms with van der Waals surface area (Å²) in [5.74, 6) is -0.291. The van der Waals surface area contributed by atoms with Gasteiger partial charge in [-0.25, -0.2) is 4.79 Å². The van der Waals surface area contributed by atoms with Crippen LogP contribution < -0.4 is 0 Å². The second-order valence-electron chi connectivity index (χ2n) is 5.58. The Morgan fingerprint density at radius 3 is 2.47 bits per heavy atom. The molecule has 2 rings (SSSR count). The summed E-state index contributed by atoms with van der Waals surface area (Å²) in [6, 6.07) is -0.608. The summed E-state index contributed by atoms with van der Waals surface area (Å²) in [6.07, 6.45) is 5.56. The van der Waals surface area contributed by atoms with E-state index in [9.17, 15) is 14.7 Å². The predicted octanol–water partition coefficient (Wildman–Crippen LogP) is 1.09. The topological polar surface area (TPSA) is 66.8 Å². The first kappa shape index (κ1) is 14.3. The zero-order valence-electron chi connectivity index (χ0n) is 11.5. The number of aliphatic hydroxyl groups is 1. The lowest BCUT2D eigenvalue weighted by atomic mass is 9.87. The predicted molar refractivity (Wildman–Crippen MR) is 69.3 cm³/mol. The van der Waals surface area contributed by atoms with E-state index in [1.807, 2.05) is 0 Å². The first-order chi connectivity index (χ1) is 9.13. The van der Waals surface area contributed by atoms with Gasteiger partial charge in [-0.2, -0.15) is 0 Å². The van der Waals surface area contributed by atoms with Gasteiger partial charge in [-0.15, -0.1) is 0 Å². The number of nitrogens with zero attached hydrogens (tertiary/aromatic N) is 1. The van der Waals surface area contributed by atoms with Crippen LogP contribution in [0, 0.1) is 5.92 Å². The Bertz CT molecular complexity index is 338. The van der Waals surface area contributed by atoms with Crippen molar-refractivity contribution in [3.8, 4) is 0 Å². The Hall–Kier alpha value is -1.10. The number of hydrogen-bond donors (Lipinski definition) is 1. The molecule has 108 valence electrons. The molecule has 0 aromatic carbocycles. The monoisotopic (exact) mass is 269 g/mol. The normalized spacial score (nSPS) is 29.1. The molecule has 19 heavy (non-hydrogen) atoms. The maximum absolute atomic E-state index is 12.5. The molecule has 1 amide bonds. The van der Waals surface area contributed by atoms with E-state index in [1.54, 1.807) is 4.90 Å². The molecule has 2 fully saturated rings. The number of esters is 1. The van der Waals surface area contributed by atoms with Crippen LogP contribution >= 0.6 is 0 Å². The fraction of sp³-hybridized carbons (Fsp3) is 0.857. The molecular formula is C14H23NO4. The molecule has 0 spiro atoms. The zero-order chi connectivity index (χ0) is 13.8. The van der Waals surface area contributed by atoms with Crippen molar-refractivity contribution in [1.82, 2.24) is 4.90 Å². The molecule has 1 heterocycles. The third kappa shape index (κ3) is 3.26. The third-order valence-corrected chi connectivity index (χ3v) is 4.29. The molecule has 0 aromatic heterocycles. The smallest absolute Gasteiger partial charge is 0.328 e. The first-order valence-corrected chi connectivity index (χ1v) is 7.20. The summed E-state index contributed by atoms with van der Waals surface area (Å²) in [7, 11) is 1.33. The Morgan fingerprint density at radius 1 is 1.16 bits per heavy atom. The van der Waals surface area contributed by atoms with E-state index in [0.29, 0.717) is 19.4 Å². The molecule has 2 aliphatic rings. The number of carbonyl (C=O) groups is 2. The Balaban J connectivity index is 2.06.